The molecule has 0 amide bonds. The maximum Gasteiger partial charge on any atom is 0.205 e. The molecular weight excluding hydrogens is 229 g/mol. The molecule has 1 aliphatic heterocycles. The summed E-state index contributed by atoms with van der Waals surface area (Å²) in [6, 6.07) is 0. The van der Waals surface area contributed by atoms with Crippen molar-refractivity contribution in [2.24, 2.45) is 4.99 Å². The number of hydrogen-bond donors (Lipinski definition) is 0. The summed E-state index contributed by atoms with van der Waals surface area (Å²) in [5, 5.41) is 0. The first-order valence-electron chi connectivity index (χ1n) is 2.87. The van der Waals surface area contributed by atoms with Crippen LogP contribution in [0, 0.1) is 0 Å². The van der Waals surface area contributed by atoms with Gasteiger partial charge in [0.1, 0.15) is 0 Å². The van der Waals surface area contributed by atoms with Gasteiger partial charge in [-0.1, -0.05) is 0 Å². The number of halogens is 1. The molecule has 0 aromatic rings. The molecule has 4 heteroatoms. The first-order valence-corrected chi connectivity index (χ1v) is 3.83. The van der Waals surface area contributed by atoms with Crippen molar-refractivity contribution in [3.63, 3.8) is 0 Å². The van der Waals surface area contributed by atoms with Crippen LogP contribution in [0.3, 0.4) is 0 Å². The number of guanidine groups is 1. The van der Waals surface area contributed by atoms with Crippen molar-refractivity contribution < 1.29 is 0 Å². The number of nitrogens with zero attached hydrogens (tertiary/aromatic N) is 3. The summed E-state index contributed by atoms with van der Waals surface area (Å²) in [4.78, 5) is 6.26. The number of likely N-dealkylation sites (N-methyl/N-ethyl adjacent to an activating group) is 1. The zero-order valence-electron chi connectivity index (χ0n) is 5.63. The van der Waals surface area contributed by atoms with E-state index in [-0.39, 0.29) is 0 Å². The van der Waals surface area contributed by atoms with E-state index in [1.165, 1.54) is 0 Å². The van der Waals surface area contributed by atoms with E-state index in [2.05, 4.69) is 42.9 Å². The normalized spacial score (nSPS) is 24.1. The third-order valence-electron chi connectivity index (χ3n) is 1.39. The van der Waals surface area contributed by atoms with Crippen molar-refractivity contribution in [3.8, 4) is 0 Å². The monoisotopic (exact) mass is 239 g/mol. The molecule has 0 N–H and O–H groups in total. The minimum absolute atomic E-state index is 1.08. The summed E-state index contributed by atoms with van der Waals surface area (Å²) in [5.74, 6) is 1.08. The van der Waals surface area contributed by atoms with Gasteiger partial charge in [0, 0.05) is 27.2 Å². The van der Waals surface area contributed by atoms with Gasteiger partial charge in [0.15, 0.2) is 0 Å². The van der Waals surface area contributed by atoms with E-state index in [4.69, 9.17) is 0 Å². The lowest BCUT2D eigenvalue weighted by Gasteiger charge is -2.12. The minimum Gasteiger partial charge on any atom is -0.344 e. The maximum absolute atomic E-state index is 4.11. The van der Waals surface area contributed by atoms with Crippen LogP contribution in [0.25, 0.3) is 0 Å². The van der Waals surface area contributed by atoms with Crippen LogP contribution in [-0.4, -0.2) is 41.2 Å². The van der Waals surface area contributed by atoms with Crippen molar-refractivity contribution in [1.29, 1.82) is 0 Å². The fraction of sp³-hybridized carbons (Fsp3) is 0.800. The molecule has 3 nitrogen and oxygen atoms in total. The average molecular weight is 239 g/mol. The molecule has 0 spiro atoms. The summed E-state index contributed by atoms with van der Waals surface area (Å²) in [6.45, 7) is 2.18. The fourth-order valence-corrected chi connectivity index (χ4v) is 1.70. The maximum atomic E-state index is 4.11. The Kier molecular flexibility index (Phi) is 2.15. The molecule has 0 bridgehead atoms. The first kappa shape index (κ1) is 7.11. The standard InChI is InChI=1S/C5H10IN3/c1-7-5-8(2)3-4-9(5)6/h3-4H2,1-2H3. The second kappa shape index (κ2) is 2.72. The van der Waals surface area contributed by atoms with Gasteiger partial charge in [0.2, 0.25) is 5.96 Å². The Morgan fingerprint density at radius 2 is 2.22 bits per heavy atom. The topological polar surface area (TPSA) is 18.8 Å². The van der Waals surface area contributed by atoms with Crippen molar-refractivity contribution in [3.05, 3.63) is 0 Å². The Balaban J connectivity index is 2.66. The number of rotatable bonds is 0. The van der Waals surface area contributed by atoms with Gasteiger partial charge in [-0.15, -0.1) is 0 Å². The highest BCUT2D eigenvalue weighted by molar-refractivity contribution is 14.1. The van der Waals surface area contributed by atoms with Crippen molar-refractivity contribution >= 4 is 28.8 Å². The molecular formula is C5H10IN3. The SMILES string of the molecule is CN=C1N(C)CCN1I. The van der Waals surface area contributed by atoms with Crippen LogP contribution in [0.5, 0.6) is 0 Å². The van der Waals surface area contributed by atoms with Crippen LogP contribution in [0.1, 0.15) is 0 Å². The van der Waals surface area contributed by atoms with E-state index in [9.17, 15) is 0 Å². The van der Waals surface area contributed by atoms with E-state index in [0.29, 0.717) is 0 Å². The number of aliphatic imine (C=N–C) groups is 1. The summed E-state index contributed by atoms with van der Waals surface area (Å²) in [6.07, 6.45) is 0. The largest absolute Gasteiger partial charge is 0.344 e. The summed E-state index contributed by atoms with van der Waals surface area (Å²) in [7, 11) is 3.88. The van der Waals surface area contributed by atoms with E-state index >= 15 is 0 Å². The molecule has 9 heavy (non-hydrogen) atoms. The van der Waals surface area contributed by atoms with Crippen LogP contribution < -0.4 is 0 Å². The molecule has 1 heterocycles. The first-order chi connectivity index (χ1) is 4.25. The van der Waals surface area contributed by atoms with Crippen LogP contribution in [0.15, 0.2) is 4.99 Å². The molecule has 1 saturated heterocycles. The molecule has 1 fully saturated rings. The molecule has 0 atom stereocenters. The molecule has 0 aliphatic carbocycles. The fourth-order valence-electron chi connectivity index (χ4n) is 0.902. The van der Waals surface area contributed by atoms with Gasteiger partial charge < -0.3 is 4.90 Å². The van der Waals surface area contributed by atoms with Gasteiger partial charge >= 0.3 is 0 Å². The highest BCUT2D eigenvalue weighted by atomic mass is 127. The van der Waals surface area contributed by atoms with E-state index in [1.807, 2.05) is 7.05 Å². The summed E-state index contributed by atoms with van der Waals surface area (Å²) >= 11 is 2.27. The van der Waals surface area contributed by atoms with Gasteiger partial charge in [0.25, 0.3) is 0 Å². The second-order valence-electron chi connectivity index (χ2n) is 2.03. The third-order valence-corrected chi connectivity index (χ3v) is 2.30. The Hall–Kier alpha value is 0. The highest BCUT2D eigenvalue weighted by Gasteiger charge is 2.19. The van der Waals surface area contributed by atoms with Crippen LogP contribution >= 0.6 is 22.9 Å². The lowest BCUT2D eigenvalue weighted by Crippen LogP contribution is -2.24. The predicted molar refractivity (Wildman–Crippen MR) is 46.7 cm³/mol. The number of hydrogen-bond acceptors (Lipinski definition) is 1. The van der Waals surface area contributed by atoms with Crippen LogP contribution in [0.4, 0.5) is 0 Å². The smallest absolute Gasteiger partial charge is 0.205 e. The molecule has 0 unspecified atom stereocenters. The third kappa shape index (κ3) is 1.28. The van der Waals surface area contributed by atoms with Crippen molar-refractivity contribution in [2.45, 2.75) is 0 Å². The Morgan fingerprint density at radius 3 is 2.44 bits per heavy atom. The van der Waals surface area contributed by atoms with Crippen LogP contribution in [0.2, 0.25) is 0 Å². The zero-order chi connectivity index (χ0) is 6.85. The minimum atomic E-state index is 1.08. The second-order valence-corrected chi connectivity index (χ2v) is 3.20. The Labute approximate surface area is 69.2 Å². The molecule has 1 rings (SSSR count). The highest BCUT2D eigenvalue weighted by Crippen LogP contribution is 2.10. The average Bonchev–Trinajstić information content (AvgIpc) is 2.12. The van der Waals surface area contributed by atoms with Crippen LogP contribution in [-0.2, 0) is 0 Å². The molecule has 0 aromatic carbocycles. The predicted octanol–water partition coefficient (Wildman–Crippen LogP) is 0.570. The van der Waals surface area contributed by atoms with Gasteiger partial charge in [-0.05, 0) is 0 Å². The summed E-state index contributed by atoms with van der Waals surface area (Å²) < 4.78 is 2.12. The van der Waals surface area contributed by atoms with Gasteiger partial charge in [-0.25, -0.2) is 0 Å². The molecule has 52 valence electrons. The lowest BCUT2D eigenvalue weighted by molar-refractivity contribution is 0.562. The molecule has 0 saturated carbocycles. The van der Waals surface area contributed by atoms with Crippen molar-refractivity contribution in [2.75, 3.05) is 27.2 Å². The molecule has 0 radical (unpaired) electrons. The Bertz CT molecular complexity index is 122. The Morgan fingerprint density at radius 1 is 1.56 bits per heavy atom. The molecule has 0 aromatic heterocycles. The summed E-state index contributed by atoms with van der Waals surface area (Å²) in [5.41, 5.74) is 0. The van der Waals surface area contributed by atoms with E-state index < -0.39 is 0 Å². The quantitative estimate of drug-likeness (QED) is 0.454. The molecule has 1 aliphatic rings. The van der Waals surface area contributed by atoms with Crippen molar-refractivity contribution in [1.82, 2.24) is 8.01 Å². The van der Waals surface area contributed by atoms with Gasteiger partial charge in [-0.3, -0.25) is 8.11 Å². The van der Waals surface area contributed by atoms with E-state index in [0.717, 1.165) is 19.0 Å². The van der Waals surface area contributed by atoms with Gasteiger partial charge in [-0.2, -0.15) is 0 Å². The lowest BCUT2D eigenvalue weighted by atomic mass is 10.7. The zero-order valence-corrected chi connectivity index (χ0v) is 7.79. The van der Waals surface area contributed by atoms with E-state index in [1.54, 1.807) is 0 Å². The van der Waals surface area contributed by atoms with Gasteiger partial charge in [0.05, 0.1) is 22.9 Å².